The fourth-order valence-electron chi connectivity index (χ4n) is 5.04. The fraction of sp³-hybridized carbons (Fsp3) is 0.737. The number of carbonyl (C=O) groups excluding carboxylic acids is 1. The quantitative estimate of drug-likeness (QED) is 0.856. The average molecular weight is 328 g/mol. The van der Waals surface area contributed by atoms with E-state index >= 15 is 0 Å². The summed E-state index contributed by atoms with van der Waals surface area (Å²) in [6.07, 6.45) is 15.8. The van der Waals surface area contributed by atoms with Crippen molar-refractivity contribution in [2.45, 2.75) is 69.4 Å². The topological polar surface area (TPSA) is 49.3 Å². The number of amides is 1. The molecule has 1 aromatic heterocycles. The van der Waals surface area contributed by atoms with Crippen LogP contribution in [0.1, 0.15) is 63.5 Å². The predicted molar refractivity (Wildman–Crippen MR) is 92.3 cm³/mol. The molecule has 3 fully saturated rings. The van der Waals surface area contributed by atoms with E-state index in [1.807, 2.05) is 6.20 Å². The molecule has 5 heteroatoms. The molecule has 4 rings (SSSR count). The maximum Gasteiger partial charge on any atom is 0.249 e. The normalized spacial score (nSPS) is 29.2. The summed E-state index contributed by atoms with van der Waals surface area (Å²) < 4.78 is 0. The van der Waals surface area contributed by atoms with Gasteiger partial charge in [0.25, 0.3) is 0 Å². The highest BCUT2D eigenvalue weighted by Gasteiger charge is 2.54. The highest BCUT2D eigenvalue weighted by Crippen LogP contribution is 2.43. The molecule has 1 atom stereocenters. The van der Waals surface area contributed by atoms with Crippen LogP contribution in [0.5, 0.6) is 0 Å². The molecule has 0 N–H and O–H groups in total. The second kappa shape index (κ2) is 6.79. The van der Waals surface area contributed by atoms with Gasteiger partial charge in [-0.25, -0.2) is 0 Å². The molecule has 0 radical (unpaired) electrons. The maximum absolute atomic E-state index is 13.6. The van der Waals surface area contributed by atoms with Gasteiger partial charge in [0.15, 0.2) is 0 Å². The van der Waals surface area contributed by atoms with E-state index in [0.717, 1.165) is 51.0 Å². The molecule has 1 aliphatic carbocycles. The van der Waals surface area contributed by atoms with Crippen molar-refractivity contribution < 1.29 is 4.79 Å². The lowest BCUT2D eigenvalue weighted by Gasteiger charge is -2.44. The van der Waals surface area contributed by atoms with E-state index in [1.54, 1.807) is 12.4 Å². The van der Waals surface area contributed by atoms with Crippen molar-refractivity contribution in [2.75, 3.05) is 19.6 Å². The lowest BCUT2D eigenvalue weighted by Crippen LogP contribution is -2.57. The van der Waals surface area contributed by atoms with Crippen molar-refractivity contribution >= 4 is 5.91 Å². The van der Waals surface area contributed by atoms with Crippen LogP contribution in [-0.2, 0) is 10.3 Å². The zero-order chi connectivity index (χ0) is 16.4. The van der Waals surface area contributed by atoms with Crippen molar-refractivity contribution in [2.24, 2.45) is 0 Å². The SMILES string of the molecule is O=C(N1CCCC1)[C@]1(c2cnccn2)CCCN1C1CCCCC1. The molecule has 5 nitrogen and oxygen atoms in total. The smallest absolute Gasteiger partial charge is 0.249 e. The fourth-order valence-corrected chi connectivity index (χ4v) is 5.04. The van der Waals surface area contributed by atoms with E-state index in [1.165, 1.54) is 32.1 Å². The van der Waals surface area contributed by atoms with Crippen LogP contribution in [0.25, 0.3) is 0 Å². The van der Waals surface area contributed by atoms with E-state index in [0.29, 0.717) is 6.04 Å². The summed E-state index contributed by atoms with van der Waals surface area (Å²) in [6, 6.07) is 0.523. The van der Waals surface area contributed by atoms with Crippen LogP contribution >= 0.6 is 0 Å². The Morgan fingerprint density at radius 1 is 1.00 bits per heavy atom. The molecular weight excluding hydrogens is 300 g/mol. The summed E-state index contributed by atoms with van der Waals surface area (Å²) in [6.45, 7) is 2.82. The summed E-state index contributed by atoms with van der Waals surface area (Å²) in [4.78, 5) is 27.2. The van der Waals surface area contributed by atoms with Gasteiger partial charge in [0.05, 0.1) is 11.9 Å². The summed E-state index contributed by atoms with van der Waals surface area (Å²) >= 11 is 0. The molecule has 2 saturated heterocycles. The first kappa shape index (κ1) is 16.0. The zero-order valence-electron chi connectivity index (χ0n) is 14.5. The summed E-state index contributed by atoms with van der Waals surface area (Å²) in [5.41, 5.74) is 0.297. The Hall–Kier alpha value is -1.49. The molecule has 0 spiro atoms. The zero-order valence-corrected chi connectivity index (χ0v) is 14.5. The Morgan fingerprint density at radius 3 is 2.50 bits per heavy atom. The lowest BCUT2D eigenvalue weighted by molar-refractivity contribution is -0.145. The van der Waals surface area contributed by atoms with Gasteiger partial charge in [-0.1, -0.05) is 19.3 Å². The second-order valence-corrected chi connectivity index (χ2v) is 7.54. The number of hydrogen-bond donors (Lipinski definition) is 0. The molecular formula is C19H28N4O. The van der Waals surface area contributed by atoms with Crippen LogP contribution in [0.4, 0.5) is 0 Å². The van der Waals surface area contributed by atoms with Gasteiger partial charge in [-0.3, -0.25) is 19.7 Å². The summed E-state index contributed by atoms with van der Waals surface area (Å²) in [5.74, 6) is 0.281. The minimum atomic E-state index is -0.569. The van der Waals surface area contributed by atoms with Gasteiger partial charge in [-0.2, -0.15) is 0 Å². The molecule has 2 aliphatic heterocycles. The highest BCUT2D eigenvalue weighted by atomic mass is 16.2. The van der Waals surface area contributed by atoms with Crippen LogP contribution in [-0.4, -0.2) is 51.4 Å². The van der Waals surface area contributed by atoms with Crippen molar-refractivity contribution in [3.05, 3.63) is 24.3 Å². The first-order chi connectivity index (χ1) is 11.8. The van der Waals surface area contributed by atoms with Crippen molar-refractivity contribution in [1.29, 1.82) is 0 Å². The molecule has 0 aromatic carbocycles. The minimum absolute atomic E-state index is 0.281. The molecule has 1 amide bonds. The van der Waals surface area contributed by atoms with Gasteiger partial charge in [-0.15, -0.1) is 0 Å². The molecule has 0 unspecified atom stereocenters. The van der Waals surface area contributed by atoms with Crippen molar-refractivity contribution in [3.8, 4) is 0 Å². The predicted octanol–water partition coefficient (Wildman–Crippen LogP) is 2.72. The lowest BCUT2D eigenvalue weighted by atomic mass is 9.86. The molecule has 1 saturated carbocycles. The number of nitrogens with zero attached hydrogens (tertiary/aromatic N) is 4. The number of likely N-dealkylation sites (tertiary alicyclic amines) is 2. The minimum Gasteiger partial charge on any atom is -0.341 e. The Balaban J connectivity index is 1.73. The van der Waals surface area contributed by atoms with Crippen molar-refractivity contribution in [3.63, 3.8) is 0 Å². The van der Waals surface area contributed by atoms with E-state index < -0.39 is 5.54 Å². The van der Waals surface area contributed by atoms with Crippen molar-refractivity contribution in [1.82, 2.24) is 19.8 Å². The van der Waals surface area contributed by atoms with E-state index in [9.17, 15) is 4.79 Å². The van der Waals surface area contributed by atoms with Gasteiger partial charge >= 0.3 is 0 Å². The molecule has 3 aliphatic rings. The number of aromatic nitrogens is 2. The summed E-state index contributed by atoms with van der Waals surface area (Å²) in [5, 5.41) is 0. The molecule has 130 valence electrons. The molecule has 3 heterocycles. The van der Waals surface area contributed by atoms with Gasteiger partial charge in [0.2, 0.25) is 5.91 Å². The maximum atomic E-state index is 13.6. The van der Waals surface area contributed by atoms with Crippen LogP contribution in [0.15, 0.2) is 18.6 Å². The number of rotatable bonds is 3. The standard InChI is InChI=1S/C19H28N4O/c24-18(22-12-4-5-13-22)19(17-15-20-10-11-21-17)9-6-14-23(19)16-7-2-1-3-8-16/h10-11,15-16H,1-9,12-14H2/t19-/m1/s1. The van der Waals surface area contributed by atoms with E-state index in [-0.39, 0.29) is 5.91 Å². The summed E-state index contributed by atoms with van der Waals surface area (Å²) in [7, 11) is 0. The van der Waals surface area contributed by atoms with Gasteiger partial charge in [-0.05, 0) is 45.1 Å². The molecule has 24 heavy (non-hydrogen) atoms. The largest absolute Gasteiger partial charge is 0.341 e. The Labute approximate surface area is 144 Å². The van der Waals surface area contributed by atoms with Gasteiger partial charge in [0, 0.05) is 31.5 Å². The first-order valence-corrected chi connectivity index (χ1v) is 9.65. The third-order valence-corrected chi connectivity index (χ3v) is 6.18. The first-order valence-electron chi connectivity index (χ1n) is 9.65. The van der Waals surface area contributed by atoms with Gasteiger partial charge in [0.1, 0.15) is 5.54 Å². The highest BCUT2D eigenvalue weighted by molar-refractivity contribution is 5.88. The Morgan fingerprint density at radius 2 is 1.79 bits per heavy atom. The van der Waals surface area contributed by atoms with E-state index in [4.69, 9.17) is 0 Å². The van der Waals surface area contributed by atoms with Crippen LogP contribution in [0.3, 0.4) is 0 Å². The second-order valence-electron chi connectivity index (χ2n) is 7.54. The number of carbonyl (C=O) groups is 1. The molecule has 0 bridgehead atoms. The Kier molecular flexibility index (Phi) is 4.53. The van der Waals surface area contributed by atoms with Crippen LogP contribution < -0.4 is 0 Å². The monoisotopic (exact) mass is 328 g/mol. The number of hydrogen-bond acceptors (Lipinski definition) is 4. The van der Waals surface area contributed by atoms with Gasteiger partial charge < -0.3 is 4.90 Å². The molecule has 1 aromatic rings. The average Bonchev–Trinajstić information content (AvgIpc) is 3.33. The Bertz CT molecular complexity index is 566. The third-order valence-electron chi connectivity index (χ3n) is 6.18. The van der Waals surface area contributed by atoms with Crippen LogP contribution in [0.2, 0.25) is 0 Å². The van der Waals surface area contributed by atoms with Crippen LogP contribution in [0, 0.1) is 0 Å². The van der Waals surface area contributed by atoms with E-state index in [2.05, 4.69) is 19.8 Å². The third kappa shape index (κ3) is 2.63.